The van der Waals surface area contributed by atoms with E-state index in [9.17, 15) is 4.79 Å². The Bertz CT molecular complexity index is 534. The molecule has 1 aromatic heterocycles. The van der Waals surface area contributed by atoms with E-state index in [0.717, 1.165) is 25.4 Å². The summed E-state index contributed by atoms with van der Waals surface area (Å²) in [5, 5.41) is 7.50. The number of nitrogens with zero attached hydrogens (tertiary/aromatic N) is 3. The fourth-order valence-corrected chi connectivity index (χ4v) is 3.92. The van der Waals surface area contributed by atoms with E-state index in [1.807, 2.05) is 6.20 Å². The molecule has 3 heterocycles. The molecule has 1 amide bonds. The second-order valence-corrected chi connectivity index (χ2v) is 6.52. The highest BCUT2D eigenvalue weighted by molar-refractivity contribution is 5.77. The van der Waals surface area contributed by atoms with Crippen molar-refractivity contribution >= 4 is 5.91 Å². The molecule has 0 spiro atoms. The van der Waals surface area contributed by atoms with Crippen LogP contribution in [0.4, 0.5) is 0 Å². The van der Waals surface area contributed by atoms with E-state index in [0.29, 0.717) is 18.5 Å². The maximum Gasteiger partial charge on any atom is 0.221 e. The van der Waals surface area contributed by atoms with Crippen molar-refractivity contribution in [2.45, 2.75) is 56.7 Å². The number of aromatic nitrogens is 2. The molecule has 2 bridgehead atoms. The SMILES string of the molecule is Cn1ncc(CN2[C@@H]3CC[C@H]2CNC(=O)C3)c1C1CC1. The lowest BCUT2D eigenvalue weighted by Crippen LogP contribution is -2.37. The summed E-state index contributed by atoms with van der Waals surface area (Å²) >= 11 is 0. The van der Waals surface area contributed by atoms with Crippen LogP contribution in [0, 0.1) is 0 Å². The van der Waals surface area contributed by atoms with E-state index in [1.54, 1.807) is 0 Å². The molecule has 4 rings (SSSR count). The van der Waals surface area contributed by atoms with Gasteiger partial charge in [-0.2, -0.15) is 5.10 Å². The van der Waals surface area contributed by atoms with Crippen LogP contribution in [-0.4, -0.2) is 39.2 Å². The molecule has 3 fully saturated rings. The highest BCUT2D eigenvalue weighted by Crippen LogP contribution is 2.42. The predicted octanol–water partition coefficient (Wildman–Crippen LogP) is 1.15. The molecule has 1 saturated carbocycles. The van der Waals surface area contributed by atoms with Gasteiger partial charge in [0.1, 0.15) is 0 Å². The number of aryl methyl sites for hydroxylation is 1. The molecular weight excluding hydrogens is 252 g/mol. The van der Waals surface area contributed by atoms with Crippen LogP contribution in [0.25, 0.3) is 0 Å². The van der Waals surface area contributed by atoms with Gasteiger partial charge in [0.2, 0.25) is 5.91 Å². The minimum atomic E-state index is 0.218. The summed E-state index contributed by atoms with van der Waals surface area (Å²) in [6.07, 6.45) is 7.68. The van der Waals surface area contributed by atoms with E-state index < -0.39 is 0 Å². The van der Waals surface area contributed by atoms with Crippen molar-refractivity contribution in [3.63, 3.8) is 0 Å². The van der Waals surface area contributed by atoms with E-state index in [2.05, 4.69) is 27.0 Å². The minimum absolute atomic E-state index is 0.218. The van der Waals surface area contributed by atoms with Gasteiger partial charge in [0.25, 0.3) is 0 Å². The first-order valence-corrected chi connectivity index (χ1v) is 7.75. The van der Waals surface area contributed by atoms with Crippen LogP contribution in [0.5, 0.6) is 0 Å². The Morgan fingerprint density at radius 1 is 1.30 bits per heavy atom. The first-order chi connectivity index (χ1) is 9.72. The monoisotopic (exact) mass is 274 g/mol. The Morgan fingerprint density at radius 3 is 2.90 bits per heavy atom. The zero-order valence-corrected chi connectivity index (χ0v) is 12.0. The van der Waals surface area contributed by atoms with Crippen molar-refractivity contribution in [2.75, 3.05) is 6.54 Å². The van der Waals surface area contributed by atoms with Crippen molar-refractivity contribution in [2.24, 2.45) is 7.05 Å². The number of amides is 1. The van der Waals surface area contributed by atoms with Crippen molar-refractivity contribution in [1.29, 1.82) is 0 Å². The Kier molecular flexibility index (Phi) is 2.84. The van der Waals surface area contributed by atoms with Crippen LogP contribution in [0.2, 0.25) is 0 Å². The van der Waals surface area contributed by atoms with Gasteiger partial charge in [-0.3, -0.25) is 14.4 Å². The summed E-state index contributed by atoms with van der Waals surface area (Å²) in [7, 11) is 2.05. The topological polar surface area (TPSA) is 50.2 Å². The number of rotatable bonds is 3. The lowest BCUT2D eigenvalue weighted by molar-refractivity contribution is -0.121. The normalized spacial score (nSPS) is 30.4. The molecule has 108 valence electrons. The molecule has 2 saturated heterocycles. The molecule has 5 heteroatoms. The van der Waals surface area contributed by atoms with Gasteiger partial charge in [0, 0.05) is 55.8 Å². The maximum atomic E-state index is 11.7. The Balaban J connectivity index is 1.58. The number of nitrogens with one attached hydrogen (secondary N) is 1. The van der Waals surface area contributed by atoms with E-state index in [-0.39, 0.29) is 5.91 Å². The van der Waals surface area contributed by atoms with Gasteiger partial charge in [0.05, 0.1) is 6.20 Å². The van der Waals surface area contributed by atoms with Crippen molar-refractivity contribution in [1.82, 2.24) is 20.0 Å². The second kappa shape index (κ2) is 4.58. The number of carbonyl (C=O) groups is 1. The largest absolute Gasteiger partial charge is 0.354 e. The van der Waals surface area contributed by atoms with Gasteiger partial charge in [0.15, 0.2) is 0 Å². The standard InChI is InChI=1S/C15H22N4O/c1-18-15(10-2-3-10)11(7-17-18)9-19-12-4-5-13(19)8-16-14(20)6-12/h7,10,12-13H,2-6,8-9H2,1H3,(H,16,20)/t12-,13+/m1/s1. The van der Waals surface area contributed by atoms with E-state index in [4.69, 9.17) is 0 Å². The minimum Gasteiger partial charge on any atom is -0.354 e. The zero-order chi connectivity index (χ0) is 13.7. The Labute approximate surface area is 119 Å². The molecule has 20 heavy (non-hydrogen) atoms. The van der Waals surface area contributed by atoms with Gasteiger partial charge in [-0.25, -0.2) is 0 Å². The average molecular weight is 274 g/mol. The Hall–Kier alpha value is -1.36. The van der Waals surface area contributed by atoms with Gasteiger partial charge in [-0.1, -0.05) is 0 Å². The van der Waals surface area contributed by atoms with Crippen LogP contribution in [0.1, 0.15) is 49.3 Å². The zero-order valence-electron chi connectivity index (χ0n) is 12.0. The fourth-order valence-electron chi connectivity index (χ4n) is 3.92. The third kappa shape index (κ3) is 2.04. The lowest BCUT2D eigenvalue weighted by Gasteiger charge is -2.27. The second-order valence-electron chi connectivity index (χ2n) is 6.52. The van der Waals surface area contributed by atoms with Crippen LogP contribution < -0.4 is 5.32 Å². The summed E-state index contributed by atoms with van der Waals surface area (Å²) < 4.78 is 2.05. The molecule has 0 unspecified atom stereocenters. The first kappa shape index (κ1) is 12.4. The molecule has 2 aliphatic heterocycles. The summed E-state index contributed by atoms with van der Waals surface area (Å²) in [5.41, 5.74) is 2.80. The molecule has 1 aliphatic carbocycles. The average Bonchev–Trinajstić information content (AvgIpc) is 3.11. The van der Waals surface area contributed by atoms with Crippen LogP contribution in [0.15, 0.2) is 6.20 Å². The van der Waals surface area contributed by atoms with Crippen molar-refractivity contribution < 1.29 is 4.79 Å². The van der Waals surface area contributed by atoms with Crippen LogP contribution >= 0.6 is 0 Å². The molecule has 3 aliphatic rings. The molecule has 1 N–H and O–H groups in total. The fraction of sp³-hybridized carbons (Fsp3) is 0.733. The summed E-state index contributed by atoms with van der Waals surface area (Å²) in [4.78, 5) is 14.2. The lowest BCUT2D eigenvalue weighted by atomic mass is 10.1. The first-order valence-electron chi connectivity index (χ1n) is 7.75. The molecule has 2 atom stereocenters. The number of fused-ring (bicyclic) bond motifs is 2. The van der Waals surface area contributed by atoms with E-state index in [1.165, 1.54) is 30.5 Å². The molecule has 0 aromatic carbocycles. The van der Waals surface area contributed by atoms with Gasteiger partial charge in [-0.15, -0.1) is 0 Å². The van der Waals surface area contributed by atoms with Crippen molar-refractivity contribution in [3.8, 4) is 0 Å². The summed E-state index contributed by atoms with van der Waals surface area (Å²) in [6, 6.07) is 0.938. The number of hydrogen-bond donors (Lipinski definition) is 1. The van der Waals surface area contributed by atoms with E-state index >= 15 is 0 Å². The van der Waals surface area contributed by atoms with Gasteiger partial charge >= 0.3 is 0 Å². The Morgan fingerprint density at radius 2 is 2.10 bits per heavy atom. The molecular formula is C15H22N4O. The highest BCUT2D eigenvalue weighted by atomic mass is 16.1. The van der Waals surface area contributed by atoms with Crippen molar-refractivity contribution in [3.05, 3.63) is 17.5 Å². The van der Waals surface area contributed by atoms with Gasteiger partial charge in [-0.05, 0) is 25.7 Å². The molecule has 1 aromatic rings. The third-order valence-electron chi connectivity index (χ3n) is 5.11. The van der Waals surface area contributed by atoms with Crippen LogP contribution in [-0.2, 0) is 18.4 Å². The molecule has 5 nitrogen and oxygen atoms in total. The number of hydrogen-bond acceptors (Lipinski definition) is 3. The third-order valence-corrected chi connectivity index (χ3v) is 5.11. The summed E-state index contributed by atoms with van der Waals surface area (Å²) in [5.74, 6) is 0.942. The van der Waals surface area contributed by atoms with Crippen LogP contribution in [0.3, 0.4) is 0 Å². The molecule has 0 radical (unpaired) electrons. The summed E-state index contributed by atoms with van der Waals surface area (Å²) in [6.45, 7) is 1.78. The number of carbonyl (C=O) groups excluding carboxylic acids is 1. The smallest absolute Gasteiger partial charge is 0.221 e. The predicted molar refractivity (Wildman–Crippen MR) is 75.2 cm³/mol. The quantitative estimate of drug-likeness (QED) is 0.899. The highest BCUT2D eigenvalue weighted by Gasteiger charge is 2.38. The maximum absolute atomic E-state index is 11.7. The van der Waals surface area contributed by atoms with Gasteiger partial charge < -0.3 is 5.32 Å².